The van der Waals surface area contributed by atoms with Crippen molar-refractivity contribution in [1.29, 1.82) is 0 Å². The highest BCUT2D eigenvalue weighted by Crippen LogP contribution is 2.22. The molecule has 0 unspecified atom stereocenters. The third-order valence-corrected chi connectivity index (χ3v) is 16.6. The molecule has 34 nitrogen and oxygen atoms in total. The molecule has 36 heteroatoms. The number of carbonyl (C=O) groups excluding carboxylic acids is 11. The van der Waals surface area contributed by atoms with Gasteiger partial charge in [-0.1, -0.05) is 66.7 Å². The maximum Gasteiger partial charge on any atom is 0.326 e. The molecule has 550 valence electrons. The molecule has 4 aromatic carbocycles. The molecule has 11 amide bonds. The molecule has 0 bridgehead atoms. The first-order valence-electron chi connectivity index (χ1n) is 31.9. The minimum absolute atomic E-state index is 0.0109. The maximum atomic E-state index is 14.9. The van der Waals surface area contributed by atoms with Gasteiger partial charge in [0.2, 0.25) is 65.0 Å². The normalized spacial score (nSPS) is 15.4. The van der Waals surface area contributed by atoms with E-state index in [-0.39, 0.29) is 73.8 Å². The Kier molecular flexibility index (Phi) is 32.3. The Hall–Kier alpha value is -11.0. The van der Waals surface area contributed by atoms with Crippen LogP contribution in [0.15, 0.2) is 103 Å². The topological polar surface area (TPSA) is 547 Å². The van der Waals surface area contributed by atoms with Gasteiger partial charge in [0.1, 0.15) is 77.7 Å². The van der Waals surface area contributed by atoms with E-state index in [0.29, 0.717) is 22.3 Å². The lowest BCUT2D eigenvalue weighted by molar-refractivity contribution is -0.144. The van der Waals surface area contributed by atoms with Crippen LogP contribution in [-0.2, 0) is 97.6 Å². The summed E-state index contributed by atoms with van der Waals surface area (Å²) in [5.41, 5.74) is 8.14. The van der Waals surface area contributed by atoms with Crippen molar-refractivity contribution in [1.82, 2.24) is 58.1 Å². The van der Waals surface area contributed by atoms with Gasteiger partial charge in [0.25, 0.3) is 0 Å². The van der Waals surface area contributed by atoms with Gasteiger partial charge in [0.15, 0.2) is 0 Å². The number of benzene rings is 4. The molecular formula is C66H82N12O22S2. The number of hydrogen-bond donors (Lipinski definition) is 20. The van der Waals surface area contributed by atoms with E-state index in [1.807, 2.05) is 0 Å². The molecule has 1 heterocycles. The predicted molar refractivity (Wildman–Crippen MR) is 366 cm³/mol. The number of aromatic hydroxyl groups is 3. The maximum absolute atomic E-state index is 14.9. The standard InChI is InChI=1S/C66H82N12O22S2/c1-34(56(89)76-49(32-101)63(96)75-48(66(99)100)29-38-13-19-41(81)20-14-38)69-52(82)31-68-58(91)43(21-23-53(83)84)70-59(92)44(22-24-54(85)86)71-61(94)46(30-55(87)88)73-64(97)51-8-5-25-78(51)65(98)47(28-37-11-17-40(80)18-12-37)74-60(93)45(27-35-6-3-2-4-7-35)72-62(95)50(33-102)77-57(90)42(67)26-36-9-15-39(79)16-10-36/h2-4,6-7,9-20,34,42-51,79-81,101-102H,5,8,21-33,67H2,1H3,(H,68,91)(H,69,82)(H,70,92)(H,71,94)(H,72,95)(H,73,97)(H,74,93)(H,75,96)(H,76,89)(H,77,90)(H,83,84)(H,85,86)(H,87,88)(H,99,100)/t34-,42-,43-,44-,45-,46-,47-,48-,49-,50-,51-/m0/s1. The Morgan fingerprint density at radius 2 is 0.853 bits per heavy atom. The van der Waals surface area contributed by atoms with Crippen molar-refractivity contribution < 1.29 is 108 Å². The summed E-state index contributed by atoms with van der Waals surface area (Å²) < 4.78 is 0. The van der Waals surface area contributed by atoms with E-state index < -0.39 is 194 Å². The van der Waals surface area contributed by atoms with E-state index in [1.165, 1.54) is 67.6 Å². The SMILES string of the molecule is C[C@H](NC(=O)CNC(=O)[C@H](CCC(=O)O)NC(=O)[C@H](CCC(=O)O)NC(=O)[C@H](CC(=O)O)NC(=O)[C@@H]1CCCN1C(=O)[C@H](Cc1ccc(O)cc1)NC(=O)[C@H](Cc1ccccc1)NC(=O)[C@H](CS)NC(=O)[C@@H](N)Cc1ccc(O)cc1)C(=O)N[C@@H](CS)C(=O)N[C@@H](Cc1ccc(O)cc1)C(=O)O. The van der Waals surface area contributed by atoms with E-state index in [1.54, 1.807) is 42.5 Å². The van der Waals surface area contributed by atoms with Gasteiger partial charge in [-0.05, 0) is 97.7 Å². The number of carboxylic acid groups (broad SMARTS) is 4. The number of carbonyl (C=O) groups is 15. The summed E-state index contributed by atoms with van der Waals surface area (Å²) in [7, 11) is 0. The van der Waals surface area contributed by atoms with Gasteiger partial charge in [-0.25, -0.2) is 4.79 Å². The first kappa shape index (κ1) is 81.7. The third kappa shape index (κ3) is 26.9. The van der Waals surface area contributed by atoms with Crippen LogP contribution in [0.1, 0.15) is 74.1 Å². The number of carboxylic acids is 4. The van der Waals surface area contributed by atoms with Gasteiger partial charge in [-0.2, -0.15) is 25.3 Å². The number of thiol groups is 2. The van der Waals surface area contributed by atoms with Crippen LogP contribution in [0.4, 0.5) is 0 Å². The first-order valence-corrected chi connectivity index (χ1v) is 33.1. The van der Waals surface area contributed by atoms with Crippen molar-refractivity contribution >= 4 is 114 Å². The lowest BCUT2D eigenvalue weighted by atomic mass is 10.0. The molecule has 1 aliphatic rings. The van der Waals surface area contributed by atoms with E-state index >= 15 is 0 Å². The van der Waals surface area contributed by atoms with Crippen molar-refractivity contribution in [3.63, 3.8) is 0 Å². The summed E-state index contributed by atoms with van der Waals surface area (Å²) >= 11 is 8.34. The second-order valence-corrected chi connectivity index (χ2v) is 24.5. The number of hydrogen-bond acceptors (Lipinski definition) is 21. The average Bonchev–Trinajstić information content (AvgIpc) is 1.60. The minimum Gasteiger partial charge on any atom is -0.508 e. The van der Waals surface area contributed by atoms with Gasteiger partial charge >= 0.3 is 23.9 Å². The number of rotatable bonds is 40. The van der Waals surface area contributed by atoms with Crippen molar-refractivity contribution in [2.45, 2.75) is 144 Å². The molecular weight excluding hydrogens is 1380 g/mol. The third-order valence-electron chi connectivity index (χ3n) is 15.9. The molecule has 11 atom stereocenters. The van der Waals surface area contributed by atoms with Gasteiger partial charge in [-0.15, -0.1) is 0 Å². The van der Waals surface area contributed by atoms with Gasteiger partial charge in [0.05, 0.1) is 19.0 Å². The average molecular weight is 1460 g/mol. The highest BCUT2D eigenvalue weighted by Gasteiger charge is 2.41. The number of amides is 11. The number of phenols is 3. The van der Waals surface area contributed by atoms with Crippen LogP contribution in [0.25, 0.3) is 0 Å². The number of nitrogens with zero attached hydrogens (tertiary/aromatic N) is 1. The van der Waals surface area contributed by atoms with E-state index in [9.17, 15) is 108 Å². The molecule has 5 rings (SSSR count). The number of aliphatic carboxylic acids is 4. The Bertz CT molecular complexity index is 3650. The highest BCUT2D eigenvalue weighted by atomic mass is 32.1. The second-order valence-electron chi connectivity index (χ2n) is 23.8. The van der Waals surface area contributed by atoms with Crippen LogP contribution >= 0.6 is 25.3 Å². The van der Waals surface area contributed by atoms with Crippen LogP contribution in [0.3, 0.4) is 0 Å². The Balaban J connectivity index is 1.28. The van der Waals surface area contributed by atoms with Crippen LogP contribution in [0.5, 0.6) is 17.2 Å². The lowest BCUT2D eigenvalue weighted by Gasteiger charge is -2.31. The Labute approximate surface area is 594 Å². The number of likely N-dealkylation sites (tertiary alicyclic amines) is 1. The highest BCUT2D eigenvalue weighted by molar-refractivity contribution is 7.80. The van der Waals surface area contributed by atoms with Crippen molar-refractivity contribution in [2.75, 3.05) is 24.6 Å². The molecule has 1 saturated heterocycles. The van der Waals surface area contributed by atoms with Gasteiger partial charge < -0.3 is 99.5 Å². The summed E-state index contributed by atoms with van der Waals surface area (Å²) in [4.78, 5) is 201. The Morgan fingerprint density at radius 1 is 0.451 bits per heavy atom. The van der Waals surface area contributed by atoms with Gasteiger partial charge in [-0.3, -0.25) is 67.1 Å². The van der Waals surface area contributed by atoms with Gasteiger partial charge in [0, 0.05) is 50.2 Å². The fourth-order valence-electron chi connectivity index (χ4n) is 10.4. The van der Waals surface area contributed by atoms with Crippen LogP contribution in [-0.4, -0.2) is 221 Å². The van der Waals surface area contributed by atoms with E-state index in [2.05, 4.69) is 78.4 Å². The quantitative estimate of drug-likeness (QED) is 0.0198. The van der Waals surface area contributed by atoms with Crippen molar-refractivity contribution in [3.05, 3.63) is 125 Å². The summed E-state index contributed by atoms with van der Waals surface area (Å²) in [5, 5.41) is 91.7. The zero-order chi connectivity index (χ0) is 75.3. The second kappa shape index (κ2) is 40.3. The molecule has 1 fully saturated rings. The summed E-state index contributed by atoms with van der Waals surface area (Å²) in [6, 6.07) is 8.09. The summed E-state index contributed by atoms with van der Waals surface area (Å²) in [6.45, 7) is 0.100. The van der Waals surface area contributed by atoms with Crippen LogP contribution in [0, 0.1) is 0 Å². The van der Waals surface area contributed by atoms with E-state index in [0.717, 1.165) is 4.90 Å². The minimum atomic E-state index is -2.08. The molecule has 19 N–H and O–H groups in total. The molecule has 0 radical (unpaired) electrons. The zero-order valence-corrected chi connectivity index (χ0v) is 56.7. The largest absolute Gasteiger partial charge is 0.508 e. The lowest BCUT2D eigenvalue weighted by Crippen LogP contribution is -2.61. The molecule has 4 aromatic rings. The summed E-state index contributed by atoms with van der Waals surface area (Å²) in [5.74, 6) is -18.4. The number of nitrogens with one attached hydrogen (secondary N) is 10. The monoisotopic (exact) mass is 1460 g/mol. The van der Waals surface area contributed by atoms with Crippen molar-refractivity contribution in [3.8, 4) is 17.2 Å². The van der Waals surface area contributed by atoms with E-state index in [4.69, 9.17) is 5.73 Å². The van der Waals surface area contributed by atoms with Crippen LogP contribution < -0.4 is 58.9 Å². The Morgan fingerprint density at radius 3 is 1.34 bits per heavy atom. The fourth-order valence-corrected chi connectivity index (χ4v) is 10.9. The molecule has 1 aliphatic heterocycles. The molecule has 0 spiro atoms. The number of nitrogens with two attached hydrogens (primary N) is 1. The molecule has 102 heavy (non-hydrogen) atoms. The first-order chi connectivity index (χ1) is 48.3. The van der Waals surface area contributed by atoms with Crippen LogP contribution in [0.2, 0.25) is 0 Å². The molecule has 0 saturated carbocycles. The zero-order valence-electron chi connectivity index (χ0n) is 54.9. The van der Waals surface area contributed by atoms with Crippen molar-refractivity contribution in [2.24, 2.45) is 5.73 Å². The fraction of sp³-hybridized carbons (Fsp3) is 0.409. The number of phenolic OH excluding ortho intramolecular Hbond substituents is 3. The molecule has 0 aliphatic carbocycles. The smallest absolute Gasteiger partial charge is 0.326 e. The summed E-state index contributed by atoms with van der Waals surface area (Å²) in [6.07, 6.45) is -4.89. The molecule has 0 aromatic heterocycles. The predicted octanol–water partition coefficient (Wildman–Crippen LogP) is -2.96.